The van der Waals surface area contributed by atoms with E-state index >= 15 is 0 Å². The number of nitrogens with zero attached hydrogens (tertiary/aromatic N) is 8. The molecule has 0 saturated carbocycles. The van der Waals surface area contributed by atoms with Gasteiger partial charge in [0, 0.05) is 43.1 Å². The molecule has 0 saturated heterocycles. The molecule has 0 aliphatic carbocycles. The highest BCUT2D eigenvalue weighted by Crippen LogP contribution is 2.52. The molecule has 0 unspecified atom stereocenters. The van der Waals surface area contributed by atoms with E-state index in [9.17, 15) is 0 Å². The predicted molar refractivity (Wildman–Crippen MR) is 313 cm³/mol. The normalized spacial score (nSPS) is 12.2. The van der Waals surface area contributed by atoms with Crippen molar-refractivity contribution in [1.82, 2.24) is 37.4 Å². The Balaban J connectivity index is 1.29. The van der Waals surface area contributed by atoms with Crippen LogP contribution in [0, 0.1) is 0 Å². The molecule has 76 heavy (non-hydrogen) atoms. The second kappa shape index (κ2) is 15.5. The fourth-order valence-electron chi connectivity index (χ4n) is 12.9. The van der Waals surface area contributed by atoms with Crippen LogP contribution in [-0.4, -0.2) is 37.4 Å². The summed E-state index contributed by atoms with van der Waals surface area (Å²) in [5.41, 5.74) is 18.2. The van der Waals surface area contributed by atoms with E-state index in [0.29, 0.717) is 0 Å². The summed E-state index contributed by atoms with van der Waals surface area (Å²) in [6.45, 7) is 0. The van der Waals surface area contributed by atoms with Crippen molar-refractivity contribution in [2.75, 3.05) is 0 Å². The molecule has 17 rings (SSSR count). The zero-order valence-corrected chi connectivity index (χ0v) is 40.8. The molecule has 6 heterocycles. The summed E-state index contributed by atoms with van der Waals surface area (Å²) >= 11 is 0. The highest BCUT2D eigenvalue weighted by Gasteiger charge is 2.36. The lowest BCUT2D eigenvalue weighted by molar-refractivity contribution is 0.946. The van der Waals surface area contributed by atoms with E-state index in [1.165, 1.54) is 0 Å². The van der Waals surface area contributed by atoms with Crippen LogP contribution >= 0.6 is 0 Å². The maximum absolute atomic E-state index is 5.29. The van der Waals surface area contributed by atoms with Gasteiger partial charge < -0.3 is 18.3 Å². The summed E-state index contributed by atoms with van der Waals surface area (Å²) in [6.07, 6.45) is 4.08. The van der Waals surface area contributed by atoms with Crippen molar-refractivity contribution in [1.29, 1.82) is 0 Å². The smallest absolute Gasteiger partial charge is 0.101 e. The molecule has 8 heteroatoms. The second-order valence-corrected chi connectivity index (χ2v) is 19.8. The van der Waals surface area contributed by atoms with Gasteiger partial charge in [0.15, 0.2) is 0 Å². The first-order valence-electron chi connectivity index (χ1n) is 25.8. The highest BCUT2D eigenvalue weighted by atomic mass is 15.2. The fraction of sp³-hybridized carbons (Fsp3) is 0. The maximum Gasteiger partial charge on any atom is 0.101 e. The molecule has 0 aliphatic rings. The fourth-order valence-corrected chi connectivity index (χ4v) is 12.9. The number of fused-ring (bicyclic) bond motifs is 14. The molecule has 0 atom stereocenters. The minimum atomic E-state index is 0.892. The molecule has 354 valence electrons. The summed E-state index contributed by atoms with van der Waals surface area (Å²) in [7, 11) is 0. The van der Waals surface area contributed by atoms with Crippen LogP contribution in [0.2, 0.25) is 0 Å². The Bertz CT molecular complexity index is 4840. The number of aromatic nitrogens is 8. The van der Waals surface area contributed by atoms with Gasteiger partial charge in [-0.15, -0.1) is 0 Å². The topological polar surface area (TPSA) is 55.4 Å². The SMILES string of the molecule is c1ccc2c(c1)ncn2-c1c(-n2c3ccccc3c3ccccc32)c(-n2cnc3ccccc32)c(-n2c3ccccc3c3ccccc32)c(-n2c3ccccc3c3ccccc32)c1-n1c2ccccc2c2ccccc21. The Labute approximate surface area is 434 Å². The Morgan fingerprint density at radius 3 is 0.618 bits per heavy atom. The number of hydrogen-bond acceptors (Lipinski definition) is 2. The summed E-state index contributed by atoms with van der Waals surface area (Å²) in [6, 6.07) is 88.3. The Kier molecular flexibility index (Phi) is 8.40. The van der Waals surface area contributed by atoms with Crippen molar-refractivity contribution in [2.24, 2.45) is 0 Å². The van der Waals surface area contributed by atoms with Crippen molar-refractivity contribution in [3.8, 4) is 34.1 Å². The van der Waals surface area contributed by atoms with Gasteiger partial charge in [0.05, 0.1) is 100 Å². The number of rotatable bonds is 6. The van der Waals surface area contributed by atoms with E-state index in [1.807, 2.05) is 12.7 Å². The second-order valence-electron chi connectivity index (χ2n) is 19.8. The molecular formula is C68H42N8. The first-order valence-corrected chi connectivity index (χ1v) is 25.8. The number of hydrogen-bond donors (Lipinski definition) is 0. The lowest BCUT2D eigenvalue weighted by Crippen LogP contribution is -2.20. The van der Waals surface area contributed by atoms with E-state index in [0.717, 1.165) is 143 Å². The van der Waals surface area contributed by atoms with Crippen LogP contribution in [0.5, 0.6) is 0 Å². The Hall–Kier alpha value is -10.4. The van der Waals surface area contributed by atoms with E-state index in [-0.39, 0.29) is 0 Å². The quantitative estimate of drug-likeness (QED) is 0.167. The minimum Gasteiger partial charge on any atom is -0.305 e. The molecular weight excluding hydrogens is 929 g/mol. The first kappa shape index (κ1) is 41.1. The minimum absolute atomic E-state index is 0.892. The van der Waals surface area contributed by atoms with E-state index in [4.69, 9.17) is 9.97 Å². The summed E-state index contributed by atoms with van der Waals surface area (Å²) in [5, 5.41) is 9.28. The number of para-hydroxylation sites is 12. The van der Waals surface area contributed by atoms with Crippen LogP contribution in [0.1, 0.15) is 0 Å². The maximum atomic E-state index is 5.29. The molecule has 0 fully saturated rings. The first-order chi connectivity index (χ1) is 37.8. The van der Waals surface area contributed by atoms with Gasteiger partial charge in [-0.25, -0.2) is 9.97 Å². The molecule has 0 bridgehead atoms. The lowest BCUT2D eigenvalue weighted by Gasteiger charge is -2.31. The Morgan fingerprint density at radius 2 is 0.368 bits per heavy atom. The molecule has 0 aliphatic heterocycles. The van der Waals surface area contributed by atoms with Gasteiger partial charge in [-0.3, -0.25) is 9.13 Å². The summed E-state index contributed by atoms with van der Waals surface area (Å²) in [4.78, 5) is 10.6. The van der Waals surface area contributed by atoms with Crippen LogP contribution in [0.3, 0.4) is 0 Å². The van der Waals surface area contributed by atoms with Gasteiger partial charge in [-0.05, 0) is 72.8 Å². The lowest BCUT2D eigenvalue weighted by atomic mass is 10.0. The molecule has 8 nitrogen and oxygen atoms in total. The van der Waals surface area contributed by atoms with Gasteiger partial charge in [-0.1, -0.05) is 170 Å². The highest BCUT2D eigenvalue weighted by molar-refractivity contribution is 6.17. The van der Waals surface area contributed by atoms with Crippen LogP contribution in [-0.2, 0) is 0 Å². The van der Waals surface area contributed by atoms with Gasteiger partial charge in [0.2, 0.25) is 0 Å². The van der Waals surface area contributed by atoms with Crippen molar-refractivity contribution in [2.45, 2.75) is 0 Å². The molecule has 0 amide bonds. The van der Waals surface area contributed by atoms with Crippen molar-refractivity contribution in [3.05, 3.63) is 255 Å². The van der Waals surface area contributed by atoms with Crippen molar-refractivity contribution >= 4 is 109 Å². The Morgan fingerprint density at radius 1 is 0.184 bits per heavy atom. The molecule has 0 radical (unpaired) electrons. The monoisotopic (exact) mass is 970 g/mol. The third-order valence-electron chi connectivity index (χ3n) is 15.9. The predicted octanol–water partition coefficient (Wildman–Crippen LogP) is 16.8. The van der Waals surface area contributed by atoms with Gasteiger partial charge in [-0.2, -0.15) is 0 Å². The van der Waals surface area contributed by atoms with Crippen molar-refractivity contribution in [3.63, 3.8) is 0 Å². The van der Waals surface area contributed by atoms with Crippen LogP contribution in [0.4, 0.5) is 0 Å². The third kappa shape index (κ3) is 5.45. The van der Waals surface area contributed by atoms with Crippen LogP contribution < -0.4 is 0 Å². The van der Waals surface area contributed by atoms with E-state index in [1.54, 1.807) is 0 Å². The largest absolute Gasteiger partial charge is 0.305 e. The van der Waals surface area contributed by atoms with Crippen molar-refractivity contribution < 1.29 is 0 Å². The summed E-state index contributed by atoms with van der Waals surface area (Å²) in [5.74, 6) is 0. The van der Waals surface area contributed by atoms with Crippen LogP contribution in [0.25, 0.3) is 143 Å². The number of imidazole rings is 2. The molecule has 0 N–H and O–H groups in total. The molecule has 0 spiro atoms. The average molecular weight is 971 g/mol. The van der Waals surface area contributed by atoms with Crippen LogP contribution in [0.15, 0.2) is 255 Å². The zero-order chi connectivity index (χ0) is 49.6. The zero-order valence-electron chi connectivity index (χ0n) is 40.8. The van der Waals surface area contributed by atoms with Gasteiger partial charge >= 0.3 is 0 Å². The van der Waals surface area contributed by atoms with E-state index in [2.05, 4.69) is 270 Å². The van der Waals surface area contributed by atoms with Gasteiger partial charge in [0.25, 0.3) is 0 Å². The molecule has 11 aromatic carbocycles. The summed E-state index contributed by atoms with van der Waals surface area (Å²) < 4.78 is 14.9. The number of benzene rings is 11. The third-order valence-corrected chi connectivity index (χ3v) is 15.9. The van der Waals surface area contributed by atoms with Gasteiger partial charge in [0.1, 0.15) is 12.7 Å². The van der Waals surface area contributed by atoms with E-state index < -0.39 is 0 Å². The average Bonchev–Trinajstić information content (AvgIpc) is 4.36. The molecule has 6 aromatic heterocycles. The standard InChI is InChI=1S/C68H42N8/c1-11-31-53-43(21-1)44-22-2-12-32-54(44)73(53)65-63(71-41-69-51-29-9-19-39-61(51)71)66(74-55-33-13-3-23-45(55)46-24-4-14-34-56(46)74)68(76-59-37-17-7-27-49(59)50-28-8-18-38-60(50)76)67(64(65)72-42-70-52-30-10-20-40-62(52)72)75-57-35-15-5-25-47(57)48-26-6-16-36-58(48)75/h1-42H. The molecule has 17 aromatic rings.